The van der Waals surface area contributed by atoms with Crippen molar-refractivity contribution in [3.63, 3.8) is 0 Å². The highest BCUT2D eigenvalue weighted by molar-refractivity contribution is 6.05. The number of aromatic nitrogens is 1. The van der Waals surface area contributed by atoms with E-state index in [0.29, 0.717) is 22.1 Å². The molecule has 0 saturated carbocycles. The van der Waals surface area contributed by atoms with E-state index in [-0.39, 0.29) is 11.5 Å². The number of carbonyl (C=O) groups is 1. The molecule has 0 saturated heterocycles. The molecule has 2 heterocycles. The quantitative estimate of drug-likeness (QED) is 0.661. The molecule has 0 unspecified atom stereocenters. The summed E-state index contributed by atoms with van der Waals surface area (Å²) in [6.45, 7) is 0. The summed E-state index contributed by atoms with van der Waals surface area (Å²) in [6.07, 6.45) is 0. The van der Waals surface area contributed by atoms with Crippen molar-refractivity contribution in [3.8, 4) is 0 Å². The Morgan fingerprint density at radius 2 is 2.12 bits per heavy atom. The van der Waals surface area contributed by atoms with Gasteiger partial charge in [-0.15, -0.1) is 0 Å². The Balaban J connectivity index is 2.38. The van der Waals surface area contributed by atoms with E-state index in [1.165, 1.54) is 18.2 Å². The molecule has 4 nitrogen and oxygen atoms in total. The number of benzene rings is 1. The zero-order chi connectivity index (χ0) is 11.3. The van der Waals surface area contributed by atoms with Gasteiger partial charge in [-0.3, -0.25) is 0 Å². The second-order valence-corrected chi connectivity index (χ2v) is 3.47. The fourth-order valence-corrected chi connectivity index (χ4v) is 1.74. The average molecular weight is 219 g/mol. The van der Waals surface area contributed by atoms with Crippen LogP contribution in [0.4, 0.5) is 4.39 Å². The number of nitrogens with one attached hydrogen (secondary N) is 1. The van der Waals surface area contributed by atoms with Gasteiger partial charge >= 0.3 is 5.97 Å². The fraction of sp³-hybridized carbons (Fsp3) is 0. The van der Waals surface area contributed by atoms with E-state index in [1.807, 2.05) is 0 Å². The molecule has 0 aliphatic rings. The van der Waals surface area contributed by atoms with Crippen LogP contribution in [-0.4, -0.2) is 16.1 Å². The monoisotopic (exact) mass is 219 g/mol. The lowest BCUT2D eigenvalue weighted by Crippen LogP contribution is -1.94. The van der Waals surface area contributed by atoms with Crippen LogP contribution in [-0.2, 0) is 0 Å². The molecular formula is C11H6FNO3. The molecule has 3 aromatic rings. The van der Waals surface area contributed by atoms with Crippen LogP contribution in [0.3, 0.4) is 0 Å². The Hall–Kier alpha value is -2.30. The zero-order valence-corrected chi connectivity index (χ0v) is 7.95. The maximum Gasteiger partial charge on any atom is 0.352 e. The van der Waals surface area contributed by atoms with Crippen LogP contribution in [0.5, 0.6) is 0 Å². The molecule has 0 aliphatic carbocycles. The topological polar surface area (TPSA) is 66.2 Å². The van der Waals surface area contributed by atoms with E-state index < -0.39 is 5.97 Å². The van der Waals surface area contributed by atoms with Crippen molar-refractivity contribution in [3.05, 3.63) is 35.8 Å². The molecule has 0 bridgehead atoms. The first-order valence-electron chi connectivity index (χ1n) is 4.59. The lowest BCUT2D eigenvalue weighted by molar-refractivity contribution is 0.0691. The second kappa shape index (κ2) is 2.85. The molecule has 0 amide bonds. The maximum absolute atomic E-state index is 12.9. The third-order valence-electron chi connectivity index (χ3n) is 2.44. The predicted octanol–water partition coefficient (Wildman–Crippen LogP) is 2.75. The third kappa shape index (κ3) is 1.11. The van der Waals surface area contributed by atoms with Gasteiger partial charge in [-0.25, -0.2) is 9.18 Å². The zero-order valence-electron chi connectivity index (χ0n) is 7.95. The van der Waals surface area contributed by atoms with Crippen LogP contribution < -0.4 is 0 Å². The summed E-state index contributed by atoms with van der Waals surface area (Å²) in [4.78, 5) is 13.4. The Labute approximate surface area is 88.3 Å². The number of halogens is 1. The van der Waals surface area contributed by atoms with E-state index >= 15 is 0 Å². The van der Waals surface area contributed by atoms with Crippen molar-refractivity contribution in [2.24, 2.45) is 0 Å². The van der Waals surface area contributed by atoms with Crippen LogP contribution in [0.1, 0.15) is 10.5 Å². The largest absolute Gasteiger partial charge is 0.477 e. The van der Waals surface area contributed by atoms with Crippen molar-refractivity contribution >= 4 is 28.0 Å². The smallest absolute Gasteiger partial charge is 0.352 e. The predicted molar refractivity (Wildman–Crippen MR) is 55.0 cm³/mol. The molecule has 0 atom stereocenters. The summed E-state index contributed by atoms with van der Waals surface area (Å²) in [5.41, 5.74) is 1.45. The van der Waals surface area contributed by atoms with Gasteiger partial charge in [-0.2, -0.15) is 0 Å². The number of H-pyrrole nitrogens is 1. The molecule has 16 heavy (non-hydrogen) atoms. The molecule has 1 aromatic carbocycles. The summed E-state index contributed by atoms with van der Waals surface area (Å²) in [6, 6.07) is 5.51. The van der Waals surface area contributed by atoms with Crippen molar-refractivity contribution in [1.82, 2.24) is 4.98 Å². The molecule has 2 N–H and O–H groups in total. The number of carboxylic acids is 1. The first-order valence-corrected chi connectivity index (χ1v) is 4.59. The lowest BCUT2D eigenvalue weighted by atomic mass is 10.2. The van der Waals surface area contributed by atoms with Gasteiger partial charge in [0.05, 0.1) is 5.52 Å². The summed E-state index contributed by atoms with van der Waals surface area (Å²) >= 11 is 0. The third-order valence-corrected chi connectivity index (χ3v) is 2.44. The molecule has 0 aliphatic heterocycles. The first kappa shape index (κ1) is 8.96. The Morgan fingerprint density at radius 1 is 1.31 bits per heavy atom. The number of furan rings is 1. The Bertz CT molecular complexity index is 710. The number of aromatic carboxylic acids is 1. The standard InChI is InChI=1S/C11H6FNO3/c12-5-1-2-6-8(3-5)16-9-4-7(11(14)15)13-10(6)9/h1-4,13H,(H,14,15). The molecular weight excluding hydrogens is 213 g/mol. The van der Waals surface area contributed by atoms with Crippen LogP contribution in [0, 0.1) is 5.82 Å². The van der Waals surface area contributed by atoms with Crippen molar-refractivity contribution in [1.29, 1.82) is 0 Å². The minimum Gasteiger partial charge on any atom is -0.477 e. The number of hydrogen-bond acceptors (Lipinski definition) is 2. The van der Waals surface area contributed by atoms with Gasteiger partial charge in [-0.05, 0) is 12.1 Å². The SMILES string of the molecule is O=C(O)c1cc2oc3cc(F)ccc3c2[nH]1. The van der Waals surface area contributed by atoms with Crippen molar-refractivity contribution in [2.75, 3.05) is 0 Å². The van der Waals surface area contributed by atoms with Gasteiger partial charge in [0.25, 0.3) is 0 Å². The van der Waals surface area contributed by atoms with E-state index in [0.717, 1.165) is 0 Å². The van der Waals surface area contributed by atoms with Gasteiger partial charge in [0.1, 0.15) is 17.1 Å². The molecule has 2 aromatic heterocycles. The normalized spacial score (nSPS) is 11.3. The Kier molecular flexibility index (Phi) is 1.60. The van der Waals surface area contributed by atoms with Gasteiger partial charge in [0.2, 0.25) is 0 Å². The molecule has 5 heteroatoms. The second-order valence-electron chi connectivity index (χ2n) is 3.47. The average Bonchev–Trinajstić information content (AvgIpc) is 2.73. The highest BCUT2D eigenvalue weighted by atomic mass is 19.1. The highest BCUT2D eigenvalue weighted by Crippen LogP contribution is 2.29. The van der Waals surface area contributed by atoms with Crippen LogP contribution in [0.25, 0.3) is 22.1 Å². The number of rotatable bonds is 1. The summed E-state index contributed by atoms with van der Waals surface area (Å²) in [5, 5.41) is 9.46. The molecule has 80 valence electrons. The minimum absolute atomic E-state index is 0.0555. The number of hydrogen-bond donors (Lipinski definition) is 2. The molecule has 0 radical (unpaired) electrons. The van der Waals surface area contributed by atoms with Crippen molar-refractivity contribution < 1.29 is 18.7 Å². The summed E-state index contributed by atoms with van der Waals surface area (Å²) in [5.74, 6) is -1.44. The van der Waals surface area contributed by atoms with E-state index in [4.69, 9.17) is 9.52 Å². The minimum atomic E-state index is -1.05. The molecule has 0 fully saturated rings. The van der Waals surface area contributed by atoms with E-state index in [9.17, 15) is 9.18 Å². The van der Waals surface area contributed by atoms with Gasteiger partial charge in [-0.1, -0.05) is 0 Å². The van der Waals surface area contributed by atoms with Gasteiger partial charge < -0.3 is 14.5 Å². The molecule has 0 spiro atoms. The van der Waals surface area contributed by atoms with Crippen molar-refractivity contribution in [2.45, 2.75) is 0 Å². The Morgan fingerprint density at radius 3 is 2.88 bits per heavy atom. The molecule has 3 rings (SSSR count). The fourth-order valence-electron chi connectivity index (χ4n) is 1.74. The number of aromatic amines is 1. The van der Waals surface area contributed by atoms with Gasteiger partial charge in [0, 0.05) is 17.5 Å². The highest BCUT2D eigenvalue weighted by Gasteiger charge is 2.14. The maximum atomic E-state index is 12.9. The van der Waals surface area contributed by atoms with Crippen LogP contribution in [0.2, 0.25) is 0 Å². The summed E-state index contributed by atoms with van der Waals surface area (Å²) in [7, 11) is 0. The number of fused-ring (bicyclic) bond motifs is 3. The number of carboxylic acid groups (broad SMARTS) is 1. The lowest BCUT2D eigenvalue weighted by Gasteiger charge is -1.89. The van der Waals surface area contributed by atoms with Crippen LogP contribution >= 0.6 is 0 Å². The van der Waals surface area contributed by atoms with Gasteiger partial charge in [0.15, 0.2) is 5.58 Å². The first-order chi connectivity index (χ1) is 7.65. The van der Waals surface area contributed by atoms with E-state index in [2.05, 4.69) is 4.98 Å². The summed E-state index contributed by atoms with van der Waals surface area (Å²) < 4.78 is 18.2. The van der Waals surface area contributed by atoms with E-state index in [1.54, 1.807) is 6.07 Å². The van der Waals surface area contributed by atoms with Crippen LogP contribution in [0.15, 0.2) is 28.7 Å².